The Morgan fingerprint density at radius 1 is 1.28 bits per heavy atom. The molecule has 2 amide bonds. The molecule has 1 atom stereocenters. The Morgan fingerprint density at radius 3 is 2.84 bits per heavy atom. The van der Waals surface area contributed by atoms with Crippen molar-refractivity contribution in [2.24, 2.45) is 5.92 Å². The van der Waals surface area contributed by atoms with Crippen molar-refractivity contribution in [3.8, 4) is 11.4 Å². The summed E-state index contributed by atoms with van der Waals surface area (Å²) >= 11 is 0. The van der Waals surface area contributed by atoms with Crippen LogP contribution in [0.15, 0.2) is 34.9 Å². The number of hydrogen-bond donors (Lipinski definition) is 1. The zero-order valence-electron chi connectivity index (χ0n) is 13.9. The predicted molar refractivity (Wildman–Crippen MR) is 89.3 cm³/mol. The lowest BCUT2D eigenvalue weighted by Crippen LogP contribution is -2.34. The van der Waals surface area contributed by atoms with Crippen LogP contribution in [0.2, 0.25) is 0 Å². The van der Waals surface area contributed by atoms with Crippen molar-refractivity contribution in [3.63, 3.8) is 0 Å². The summed E-state index contributed by atoms with van der Waals surface area (Å²) in [4.78, 5) is 30.4. The summed E-state index contributed by atoms with van der Waals surface area (Å²) in [6.45, 7) is 0.970. The minimum absolute atomic E-state index is 0.0701. The third-order valence-corrected chi connectivity index (χ3v) is 4.66. The van der Waals surface area contributed by atoms with Crippen molar-refractivity contribution >= 4 is 11.8 Å². The number of carbonyl (C=O) groups excluding carboxylic acids is 2. The number of nitrogens with one attached hydrogen (secondary N) is 1. The Kier molecular flexibility index (Phi) is 4.21. The van der Waals surface area contributed by atoms with Crippen molar-refractivity contribution in [1.82, 2.24) is 20.4 Å². The standard InChI is InChI=1S/C18H20N4O3/c23-16-10-13(11-22(16)14-6-7-14)18(24)19-9-8-15-20-17(21-25-15)12-4-2-1-3-5-12/h1-5,13-14H,6-11H2,(H,19,24). The van der Waals surface area contributed by atoms with E-state index < -0.39 is 0 Å². The molecule has 1 aromatic heterocycles. The topological polar surface area (TPSA) is 88.3 Å². The van der Waals surface area contributed by atoms with Crippen LogP contribution in [-0.2, 0) is 16.0 Å². The zero-order valence-corrected chi connectivity index (χ0v) is 13.9. The van der Waals surface area contributed by atoms with Gasteiger partial charge >= 0.3 is 0 Å². The summed E-state index contributed by atoms with van der Waals surface area (Å²) in [7, 11) is 0. The van der Waals surface area contributed by atoms with Crippen LogP contribution >= 0.6 is 0 Å². The molecule has 1 aliphatic heterocycles. The van der Waals surface area contributed by atoms with Gasteiger partial charge in [0.15, 0.2) is 0 Å². The van der Waals surface area contributed by atoms with E-state index in [1.54, 1.807) is 0 Å². The van der Waals surface area contributed by atoms with Crippen LogP contribution in [-0.4, -0.2) is 46.0 Å². The number of amides is 2. The summed E-state index contributed by atoms with van der Waals surface area (Å²) in [5, 5.41) is 6.83. The Morgan fingerprint density at radius 2 is 2.08 bits per heavy atom. The largest absolute Gasteiger partial charge is 0.355 e. The van der Waals surface area contributed by atoms with E-state index in [1.165, 1.54) is 0 Å². The van der Waals surface area contributed by atoms with Gasteiger partial charge in [-0.2, -0.15) is 4.98 Å². The first-order valence-corrected chi connectivity index (χ1v) is 8.66. The predicted octanol–water partition coefficient (Wildman–Crippen LogP) is 1.41. The van der Waals surface area contributed by atoms with E-state index in [4.69, 9.17) is 4.52 Å². The lowest BCUT2D eigenvalue weighted by Gasteiger charge is -2.15. The fourth-order valence-corrected chi connectivity index (χ4v) is 3.14. The quantitative estimate of drug-likeness (QED) is 0.859. The van der Waals surface area contributed by atoms with Gasteiger partial charge in [-0.3, -0.25) is 9.59 Å². The number of benzene rings is 1. The van der Waals surface area contributed by atoms with Crippen molar-refractivity contribution in [3.05, 3.63) is 36.2 Å². The van der Waals surface area contributed by atoms with E-state index in [1.807, 2.05) is 35.2 Å². The van der Waals surface area contributed by atoms with Crippen LogP contribution in [0.4, 0.5) is 0 Å². The molecule has 0 radical (unpaired) electrons. The minimum atomic E-state index is -0.240. The molecule has 25 heavy (non-hydrogen) atoms. The van der Waals surface area contributed by atoms with Crippen LogP contribution < -0.4 is 5.32 Å². The van der Waals surface area contributed by atoms with Crippen molar-refractivity contribution in [1.29, 1.82) is 0 Å². The molecule has 1 N–H and O–H groups in total. The van der Waals surface area contributed by atoms with Crippen LogP contribution in [0.3, 0.4) is 0 Å². The fraction of sp³-hybridized carbons (Fsp3) is 0.444. The molecule has 7 nitrogen and oxygen atoms in total. The molecule has 1 unspecified atom stereocenters. The smallest absolute Gasteiger partial charge is 0.228 e. The molecule has 7 heteroatoms. The molecule has 2 aliphatic rings. The number of likely N-dealkylation sites (tertiary alicyclic amines) is 1. The van der Waals surface area contributed by atoms with Gasteiger partial charge in [-0.25, -0.2) is 0 Å². The van der Waals surface area contributed by atoms with Crippen molar-refractivity contribution < 1.29 is 14.1 Å². The third-order valence-electron chi connectivity index (χ3n) is 4.66. The van der Waals surface area contributed by atoms with E-state index in [-0.39, 0.29) is 17.7 Å². The second kappa shape index (κ2) is 6.66. The lowest BCUT2D eigenvalue weighted by molar-refractivity contribution is -0.129. The molecule has 1 saturated carbocycles. The van der Waals surface area contributed by atoms with Crippen molar-refractivity contribution in [2.45, 2.75) is 31.7 Å². The molecule has 0 spiro atoms. The van der Waals surface area contributed by atoms with E-state index in [0.717, 1.165) is 18.4 Å². The van der Waals surface area contributed by atoms with Gasteiger partial charge in [0.25, 0.3) is 0 Å². The molecule has 130 valence electrons. The molecule has 2 heterocycles. The third kappa shape index (κ3) is 3.55. The molecule has 4 rings (SSSR count). The van der Waals surface area contributed by atoms with Crippen LogP contribution in [0, 0.1) is 5.92 Å². The highest BCUT2D eigenvalue weighted by molar-refractivity contribution is 5.89. The Labute approximate surface area is 145 Å². The normalized spacial score (nSPS) is 20.1. The zero-order chi connectivity index (χ0) is 17.2. The first-order valence-electron chi connectivity index (χ1n) is 8.66. The van der Waals surface area contributed by atoms with E-state index >= 15 is 0 Å². The number of rotatable bonds is 6. The monoisotopic (exact) mass is 340 g/mol. The van der Waals surface area contributed by atoms with Gasteiger partial charge in [0.2, 0.25) is 23.5 Å². The molecule has 2 aromatic rings. The van der Waals surface area contributed by atoms with Crippen LogP contribution in [0.25, 0.3) is 11.4 Å². The highest BCUT2D eigenvalue weighted by atomic mass is 16.5. The van der Waals surface area contributed by atoms with E-state index in [9.17, 15) is 9.59 Å². The van der Waals surface area contributed by atoms with Gasteiger partial charge in [0, 0.05) is 37.5 Å². The molecule has 1 aromatic carbocycles. The Bertz CT molecular complexity index is 770. The van der Waals surface area contributed by atoms with Gasteiger partial charge in [0.05, 0.1) is 5.92 Å². The number of nitrogens with zero attached hydrogens (tertiary/aromatic N) is 3. The number of aromatic nitrogens is 2. The first kappa shape index (κ1) is 15.8. The fourth-order valence-electron chi connectivity index (χ4n) is 3.14. The van der Waals surface area contributed by atoms with Gasteiger partial charge in [-0.1, -0.05) is 35.5 Å². The Balaban J connectivity index is 1.26. The number of hydrogen-bond acceptors (Lipinski definition) is 5. The van der Waals surface area contributed by atoms with Crippen LogP contribution in [0.1, 0.15) is 25.2 Å². The Hall–Kier alpha value is -2.70. The highest BCUT2D eigenvalue weighted by Crippen LogP contribution is 2.32. The van der Waals surface area contributed by atoms with E-state index in [2.05, 4.69) is 15.5 Å². The maximum absolute atomic E-state index is 12.2. The summed E-state index contributed by atoms with van der Waals surface area (Å²) < 4.78 is 5.23. The van der Waals surface area contributed by atoms with E-state index in [0.29, 0.717) is 43.7 Å². The lowest BCUT2D eigenvalue weighted by atomic mass is 10.1. The molecular formula is C18H20N4O3. The maximum atomic E-state index is 12.2. The minimum Gasteiger partial charge on any atom is -0.355 e. The molecule has 0 bridgehead atoms. The number of carbonyl (C=O) groups is 2. The second-order valence-electron chi connectivity index (χ2n) is 6.60. The molecule has 2 fully saturated rings. The van der Waals surface area contributed by atoms with Gasteiger partial charge < -0.3 is 14.7 Å². The van der Waals surface area contributed by atoms with Crippen LogP contribution in [0.5, 0.6) is 0 Å². The summed E-state index contributed by atoms with van der Waals surface area (Å²) in [5.74, 6) is 0.826. The first-order chi connectivity index (χ1) is 12.2. The maximum Gasteiger partial charge on any atom is 0.228 e. The summed E-state index contributed by atoms with van der Waals surface area (Å²) in [5.41, 5.74) is 0.895. The SMILES string of the molecule is O=C(NCCc1nc(-c2ccccc2)no1)C1CC(=O)N(C2CC2)C1. The average molecular weight is 340 g/mol. The second-order valence-corrected chi connectivity index (χ2v) is 6.60. The molecule has 1 aliphatic carbocycles. The molecule has 1 saturated heterocycles. The average Bonchev–Trinajstić information content (AvgIpc) is 3.23. The van der Waals surface area contributed by atoms with Gasteiger partial charge in [0.1, 0.15) is 0 Å². The highest BCUT2D eigenvalue weighted by Gasteiger charge is 2.41. The molecular weight excluding hydrogens is 320 g/mol. The van der Waals surface area contributed by atoms with Crippen molar-refractivity contribution in [2.75, 3.05) is 13.1 Å². The summed E-state index contributed by atoms with van der Waals surface area (Å²) in [6, 6.07) is 9.97. The summed E-state index contributed by atoms with van der Waals surface area (Å²) in [6.07, 6.45) is 2.93. The van der Waals surface area contributed by atoms with Gasteiger partial charge in [-0.05, 0) is 12.8 Å². The van der Waals surface area contributed by atoms with Gasteiger partial charge in [-0.15, -0.1) is 0 Å².